The zero-order chi connectivity index (χ0) is 54.9. The highest BCUT2D eigenvalue weighted by atomic mass is 32.1. The van der Waals surface area contributed by atoms with Crippen LogP contribution in [0, 0.1) is 0 Å². The molecular weight excluding hydrogens is 861 g/mol. The Morgan fingerprint density at radius 1 is 0.469 bits per heavy atom. The zero-order valence-electron chi connectivity index (χ0n) is 42.8. The van der Waals surface area contributed by atoms with Crippen molar-refractivity contribution < 1.29 is 48.2 Å². The fourth-order valence-corrected chi connectivity index (χ4v) is 5.28. The number of amides is 8. The highest BCUT2D eigenvalue weighted by Gasteiger charge is 2.32. The quantitative estimate of drug-likeness (QED) is 0.0133. The molecule has 0 aliphatic heterocycles. The number of nitrogens with zero attached hydrogens (tertiary/aromatic N) is 4. The van der Waals surface area contributed by atoms with Gasteiger partial charge < -0.3 is 88.8 Å². The van der Waals surface area contributed by atoms with Gasteiger partial charge in [-0.3, -0.25) is 58.3 Å². The summed E-state index contributed by atoms with van der Waals surface area (Å²) in [5, 5.41) is 2.76. The predicted octanol–water partition coefficient (Wildman–Crippen LogP) is -7.93. The molecule has 0 saturated heterocycles. The minimum atomic E-state index is -2.01. The van der Waals surface area contributed by atoms with E-state index in [-0.39, 0.29) is 114 Å². The SMILES string of the molecule is [2H]CC(=O)N([2H])[C@@H](CS)C(=O)N([2H])[C@@H](CCCN=C(N)N)C(=O)N([2H])[C@@H](CCCN=C(N)N)C(=O)N([2H])[C@@H](C)C(=O)N([2H])[C@@H](CCCN=C(N)N)C(=O)N([2H])[C@@H](C)C(=O)N[C@@H](CCCN=C(N)N)C(N)=O. The summed E-state index contributed by atoms with van der Waals surface area (Å²) in [7, 11) is 0. The third kappa shape index (κ3) is 25.8. The first-order valence-corrected chi connectivity index (χ1v) is 20.3. The van der Waals surface area contributed by atoms with Crippen molar-refractivity contribution in [2.75, 3.05) is 31.9 Å². The summed E-state index contributed by atoms with van der Waals surface area (Å²) in [5.41, 5.74) is 48.4. The average Bonchev–Trinajstić information content (AvgIpc) is 3.31. The second kappa shape index (κ2) is 31.1. The molecule has 0 aliphatic rings. The fraction of sp³-hybridized carbons (Fsp3) is 0.657. The van der Waals surface area contributed by atoms with Gasteiger partial charge in [-0.05, 0) is 65.2 Å². The van der Waals surface area contributed by atoms with Crippen molar-refractivity contribution in [2.24, 2.45) is 71.6 Å². The van der Waals surface area contributed by atoms with Crippen LogP contribution in [0.1, 0.15) is 73.5 Å². The van der Waals surface area contributed by atoms with E-state index in [0.717, 1.165) is 13.8 Å². The highest BCUT2D eigenvalue weighted by Crippen LogP contribution is 2.07. The first-order valence-electron chi connectivity index (χ1n) is 23.1. The van der Waals surface area contributed by atoms with Crippen LogP contribution in [0.2, 0.25) is 8.47 Å². The number of hydrogen-bond acceptors (Lipinski definition) is 13. The van der Waals surface area contributed by atoms with Crippen molar-refractivity contribution in [1.29, 1.82) is 0 Å². The molecule has 7 atom stereocenters. The third-order valence-electron chi connectivity index (χ3n) is 8.24. The predicted molar refractivity (Wildman–Crippen MR) is 243 cm³/mol. The fourth-order valence-electron chi connectivity index (χ4n) is 5.05. The first-order chi connectivity index (χ1) is 33.1. The summed E-state index contributed by atoms with van der Waals surface area (Å²) < 4.78 is 58.9. The maximum Gasteiger partial charge on any atom is 0.244 e. The molecule has 25 N–H and O–H groups in total. The molecule has 0 rings (SSSR count). The number of nitrogens with two attached hydrogens (primary N) is 9. The molecule has 29 heteroatoms. The smallest absolute Gasteiger partial charge is 0.244 e. The van der Waals surface area contributed by atoms with E-state index < -0.39 is 121 Å². The van der Waals surface area contributed by atoms with Gasteiger partial charge in [-0.15, -0.1) is 0 Å². The molecule has 0 fully saturated rings. The number of aliphatic imine (C=N–C) groups is 4. The van der Waals surface area contributed by atoms with E-state index in [1.165, 1.54) is 0 Å². The van der Waals surface area contributed by atoms with Crippen LogP contribution in [-0.4, -0.2) is 145 Å². The Hall–Kier alpha value is -6.81. The van der Waals surface area contributed by atoms with Gasteiger partial charge in [0.25, 0.3) is 0 Å². The molecule has 0 unspecified atom stereocenters. The molecule has 8 amide bonds. The average molecular weight is 936 g/mol. The Morgan fingerprint density at radius 3 is 1.11 bits per heavy atom. The van der Waals surface area contributed by atoms with E-state index >= 15 is 0 Å². The van der Waals surface area contributed by atoms with E-state index in [9.17, 15) is 38.4 Å². The second-order valence-electron chi connectivity index (χ2n) is 13.7. The van der Waals surface area contributed by atoms with Crippen molar-refractivity contribution >= 4 is 83.7 Å². The van der Waals surface area contributed by atoms with Crippen molar-refractivity contribution in [3.05, 3.63) is 0 Å². The molecule has 0 aliphatic carbocycles. The summed E-state index contributed by atoms with van der Waals surface area (Å²) in [6.45, 7) is 0.704. The molecule has 0 aromatic carbocycles. The van der Waals surface area contributed by atoms with Gasteiger partial charge >= 0.3 is 0 Å². The van der Waals surface area contributed by atoms with Crippen LogP contribution < -0.4 is 88.8 Å². The lowest BCUT2D eigenvalue weighted by atomic mass is 10.1. The van der Waals surface area contributed by atoms with Crippen molar-refractivity contribution in [3.8, 4) is 0 Å². The van der Waals surface area contributed by atoms with Crippen LogP contribution in [0.15, 0.2) is 20.0 Å². The summed E-state index contributed by atoms with van der Waals surface area (Å²) in [6, 6.07) is -12.6. The van der Waals surface area contributed by atoms with E-state index in [4.69, 9.17) is 61.4 Å². The van der Waals surface area contributed by atoms with Crippen molar-refractivity contribution in [1.82, 2.24) is 37.2 Å². The lowest BCUT2D eigenvalue weighted by Gasteiger charge is -2.26. The van der Waals surface area contributed by atoms with E-state index in [1.54, 1.807) is 0 Å². The standard InChI is InChI=1S/C35H68N20O8S/c1-17(26(58)52-20(25(36)57)8-4-12-45-32(37)38)49-28(60)21(9-5-13-46-33(39)40)53-27(59)18(2)50-29(61)22(10-6-14-47-34(41)42)54-30(62)23(11-7-15-48-35(43)44)55-31(63)24(16-64)51-19(3)56/h17-18,20-24,64H,4-16H2,1-3H3,(H2,36,57)(H,49,60)(H,50,61)(H,51,56)(H,52,58)(H,53,59)(H,54,62)(H,55,63)(H4,37,38,45)(H4,39,40,46)(H4,41,42,47)(H4,43,44,48)/t17-,18-,20-,21-,22-,23-,24-/m0/s1/i3D/hD6. The van der Waals surface area contributed by atoms with Gasteiger partial charge in [-0.2, -0.15) is 12.6 Å². The Labute approximate surface area is 386 Å². The topological polar surface area (TPSA) is 504 Å². The van der Waals surface area contributed by atoms with Crippen LogP contribution in [0.25, 0.3) is 0 Å². The normalized spacial score (nSPS) is 15.3. The number of hydrogen-bond donors (Lipinski definition) is 17. The van der Waals surface area contributed by atoms with Crippen molar-refractivity contribution in [3.63, 3.8) is 0 Å². The van der Waals surface area contributed by atoms with Crippen LogP contribution in [-0.2, 0) is 38.4 Å². The Bertz CT molecular complexity index is 1950. The number of thiol groups is 1. The minimum absolute atomic E-state index is 0.00922. The summed E-state index contributed by atoms with van der Waals surface area (Å²) in [6.07, 6.45) is -1.61. The molecule has 0 aromatic rings. The molecule has 0 aromatic heterocycles. The van der Waals surface area contributed by atoms with E-state index in [0.29, 0.717) is 0 Å². The number of primary amides is 1. The summed E-state index contributed by atoms with van der Waals surface area (Å²) in [5.74, 6) is -11.9. The minimum Gasteiger partial charge on any atom is -0.370 e. The molecule has 64 heavy (non-hydrogen) atoms. The van der Waals surface area contributed by atoms with Gasteiger partial charge in [-0.25, -0.2) is 0 Å². The van der Waals surface area contributed by atoms with Gasteiger partial charge in [0.15, 0.2) is 32.3 Å². The molecule has 0 radical (unpaired) electrons. The number of carbonyl (C=O) groups excluding carboxylic acids is 8. The number of rotatable bonds is 31. The zero-order valence-corrected chi connectivity index (χ0v) is 36.7. The highest BCUT2D eigenvalue weighted by molar-refractivity contribution is 7.80. The Balaban J connectivity index is 7.02. The van der Waals surface area contributed by atoms with E-state index in [2.05, 4.69) is 37.9 Å². The third-order valence-corrected chi connectivity index (χ3v) is 8.58. The van der Waals surface area contributed by atoms with Gasteiger partial charge in [0.05, 0.1) is 0 Å². The number of guanidine groups is 4. The summed E-state index contributed by atoms with van der Waals surface area (Å²) >= 11 is 3.99. The summed E-state index contributed by atoms with van der Waals surface area (Å²) in [4.78, 5) is 122. The Kier molecular flexibility index (Phi) is 22.0. The number of nitrogens with one attached hydrogen (secondary N) is 7. The largest absolute Gasteiger partial charge is 0.370 e. The molecular formula is C35H68N20O8S. The molecule has 0 heterocycles. The number of carbonyl (C=O) groups is 8. The lowest BCUT2D eigenvalue weighted by molar-refractivity contribution is -0.135. The van der Waals surface area contributed by atoms with Crippen LogP contribution in [0.5, 0.6) is 0 Å². The van der Waals surface area contributed by atoms with Crippen LogP contribution in [0.4, 0.5) is 0 Å². The molecule has 0 spiro atoms. The molecule has 362 valence electrons. The second-order valence-corrected chi connectivity index (χ2v) is 14.1. The molecule has 28 nitrogen and oxygen atoms in total. The first kappa shape index (κ1) is 45.2. The van der Waals surface area contributed by atoms with Gasteiger partial charge in [0.2, 0.25) is 47.3 Å². The maximum atomic E-state index is 14.2. The molecule has 0 saturated carbocycles. The van der Waals surface area contributed by atoms with Crippen LogP contribution in [0.3, 0.4) is 0 Å². The van der Waals surface area contributed by atoms with Crippen molar-refractivity contribution in [2.45, 2.75) is 114 Å². The van der Waals surface area contributed by atoms with Crippen LogP contribution >= 0.6 is 12.6 Å². The molecule has 0 bridgehead atoms. The van der Waals surface area contributed by atoms with Gasteiger partial charge in [-0.1, -0.05) is 0 Å². The van der Waals surface area contributed by atoms with E-state index in [1.807, 2.05) is 0 Å². The van der Waals surface area contributed by atoms with Gasteiger partial charge in [0, 0.05) is 40.2 Å². The maximum absolute atomic E-state index is 14.2. The Morgan fingerprint density at radius 2 is 0.781 bits per heavy atom. The monoisotopic (exact) mass is 936 g/mol. The lowest BCUT2D eigenvalue weighted by Crippen LogP contribution is -2.59. The van der Waals surface area contributed by atoms with Gasteiger partial charge in [0.1, 0.15) is 42.3 Å².